The Morgan fingerprint density at radius 3 is 2.40 bits per heavy atom. The average molecular weight is 615 g/mol. The third-order valence-corrected chi connectivity index (χ3v) is 14.6. The summed E-state index contributed by atoms with van der Waals surface area (Å²) in [5.41, 5.74) is 3.60. The molecule has 0 unspecified atom stereocenters. The molecule has 0 aliphatic heterocycles. The number of halogens is 1. The van der Waals surface area contributed by atoms with Gasteiger partial charge in [0.25, 0.3) is 0 Å². The lowest BCUT2D eigenvalue weighted by Crippen LogP contribution is -2.65. The van der Waals surface area contributed by atoms with Gasteiger partial charge in [0.15, 0.2) is 0 Å². The second-order valence-corrected chi connectivity index (χ2v) is 17.2. The van der Waals surface area contributed by atoms with Crippen LogP contribution in [-0.4, -0.2) is 27.7 Å². The SMILES string of the molecule is CC1(C)CC[C@]2(C(=O)OCc3ccc(F)cc3)CC[C@]3(C)C(=CC[C@@H]4[C@@]5(C)Cc6nccnc6[C@@](C)(CO)[C@@H]5CC[C@]43C)[C@@H]2C1. The van der Waals surface area contributed by atoms with E-state index in [0.717, 1.165) is 74.7 Å². The summed E-state index contributed by atoms with van der Waals surface area (Å²) in [5.74, 6) is 0.570. The minimum absolute atomic E-state index is 0.0208. The van der Waals surface area contributed by atoms with Gasteiger partial charge >= 0.3 is 5.97 Å². The van der Waals surface area contributed by atoms with Gasteiger partial charge < -0.3 is 9.84 Å². The van der Waals surface area contributed by atoms with Gasteiger partial charge in [0, 0.05) is 17.8 Å². The van der Waals surface area contributed by atoms with Crippen molar-refractivity contribution >= 4 is 5.97 Å². The van der Waals surface area contributed by atoms with Crippen molar-refractivity contribution in [2.24, 2.45) is 44.8 Å². The van der Waals surface area contributed by atoms with Crippen LogP contribution in [-0.2, 0) is 28.0 Å². The van der Waals surface area contributed by atoms with Crippen LogP contribution in [0.4, 0.5) is 4.39 Å². The molecule has 5 nitrogen and oxygen atoms in total. The van der Waals surface area contributed by atoms with Gasteiger partial charge in [-0.15, -0.1) is 0 Å². The first-order chi connectivity index (χ1) is 21.2. The van der Waals surface area contributed by atoms with Crippen LogP contribution < -0.4 is 0 Å². The van der Waals surface area contributed by atoms with E-state index >= 15 is 0 Å². The number of allylic oxidation sites excluding steroid dienone is 2. The Morgan fingerprint density at radius 2 is 1.67 bits per heavy atom. The predicted octanol–water partition coefficient (Wildman–Crippen LogP) is 8.15. The molecule has 1 N–H and O–H groups in total. The second-order valence-electron chi connectivity index (χ2n) is 17.2. The van der Waals surface area contributed by atoms with E-state index in [1.165, 1.54) is 17.7 Å². The molecule has 0 saturated heterocycles. The predicted molar refractivity (Wildman–Crippen MR) is 172 cm³/mol. The molecule has 45 heavy (non-hydrogen) atoms. The largest absolute Gasteiger partial charge is 0.460 e. The van der Waals surface area contributed by atoms with Crippen LogP contribution in [0, 0.1) is 50.6 Å². The van der Waals surface area contributed by atoms with Crippen molar-refractivity contribution in [2.45, 2.75) is 111 Å². The van der Waals surface area contributed by atoms with E-state index in [1.807, 2.05) is 6.20 Å². The first kappa shape index (κ1) is 31.0. The highest BCUT2D eigenvalue weighted by Gasteiger charge is 2.69. The molecule has 242 valence electrons. The monoisotopic (exact) mass is 614 g/mol. The number of benzene rings is 1. The van der Waals surface area contributed by atoms with Crippen molar-refractivity contribution in [2.75, 3.05) is 6.61 Å². The van der Waals surface area contributed by atoms with E-state index in [0.29, 0.717) is 11.8 Å². The lowest BCUT2D eigenvalue weighted by atomic mass is 9.33. The van der Waals surface area contributed by atoms with E-state index in [2.05, 4.69) is 47.6 Å². The summed E-state index contributed by atoms with van der Waals surface area (Å²) in [7, 11) is 0. The molecule has 8 atom stereocenters. The van der Waals surface area contributed by atoms with Gasteiger partial charge in [-0.05, 0) is 115 Å². The maximum Gasteiger partial charge on any atom is 0.313 e. The standard InChI is InChI=1S/C39H51FN2O3/c1-34(2)15-17-39(33(44)45-23-25-7-9-26(40)10-8-25)18-16-37(5)27(28(39)21-34)11-12-31-35(3)22-29-32(42-20-19-41-29)36(4,24-43)30(35)13-14-38(31,37)6/h7-11,19-20,28,30-31,43H,12-18,21-24H2,1-6H3/t28-,30+,31+,35-,36-,37+,38+,39-/m0/s1. The van der Waals surface area contributed by atoms with Crippen LogP contribution in [0.1, 0.15) is 110 Å². The fraction of sp³-hybridized carbons (Fsp3) is 0.667. The first-order valence-corrected chi connectivity index (χ1v) is 17.3. The molecule has 1 aromatic carbocycles. The number of rotatable bonds is 4. The zero-order chi connectivity index (χ0) is 32.0. The number of esters is 1. The molecule has 1 heterocycles. The Kier molecular flexibility index (Phi) is 7.03. The normalized spacial score (nSPS) is 41.3. The smallest absolute Gasteiger partial charge is 0.313 e. The van der Waals surface area contributed by atoms with Gasteiger partial charge in [-0.25, -0.2) is 4.39 Å². The minimum atomic E-state index is -0.514. The van der Waals surface area contributed by atoms with E-state index in [1.54, 1.807) is 18.3 Å². The number of fused-ring (bicyclic) bond motifs is 8. The Bertz CT molecular complexity index is 1540. The lowest BCUT2D eigenvalue weighted by molar-refractivity contribution is -0.184. The van der Waals surface area contributed by atoms with Gasteiger partial charge in [-0.2, -0.15) is 0 Å². The number of ether oxygens (including phenoxy) is 1. The van der Waals surface area contributed by atoms with Gasteiger partial charge in [0.1, 0.15) is 12.4 Å². The highest BCUT2D eigenvalue weighted by Crippen LogP contribution is 2.75. The van der Waals surface area contributed by atoms with Gasteiger partial charge in [-0.1, -0.05) is 65.3 Å². The molecule has 7 rings (SSSR count). The molecule has 5 aliphatic rings. The Hall–Kier alpha value is -2.60. The number of aliphatic hydroxyl groups excluding tert-OH is 1. The molecule has 5 aliphatic carbocycles. The lowest BCUT2D eigenvalue weighted by Gasteiger charge is -2.70. The molecule has 0 radical (unpaired) electrons. The van der Waals surface area contributed by atoms with E-state index < -0.39 is 10.8 Å². The molecule has 0 bridgehead atoms. The minimum Gasteiger partial charge on any atom is -0.460 e. The number of carbonyl (C=O) groups excluding carboxylic acids is 1. The Morgan fingerprint density at radius 1 is 0.956 bits per heavy atom. The summed E-state index contributed by atoms with van der Waals surface area (Å²) < 4.78 is 19.6. The summed E-state index contributed by atoms with van der Waals surface area (Å²) >= 11 is 0. The van der Waals surface area contributed by atoms with Crippen molar-refractivity contribution in [3.05, 3.63) is 71.1 Å². The maximum absolute atomic E-state index is 14.2. The van der Waals surface area contributed by atoms with Crippen molar-refractivity contribution in [1.82, 2.24) is 9.97 Å². The summed E-state index contributed by atoms with van der Waals surface area (Å²) in [4.78, 5) is 23.9. The number of carbonyl (C=O) groups is 1. The van der Waals surface area contributed by atoms with Crippen LogP contribution in [0.15, 0.2) is 48.3 Å². The van der Waals surface area contributed by atoms with Crippen LogP contribution in [0.3, 0.4) is 0 Å². The number of aromatic nitrogens is 2. The zero-order valence-electron chi connectivity index (χ0n) is 28.1. The van der Waals surface area contributed by atoms with Gasteiger partial charge in [0.2, 0.25) is 0 Å². The van der Waals surface area contributed by atoms with E-state index in [4.69, 9.17) is 14.7 Å². The van der Waals surface area contributed by atoms with Crippen molar-refractivity contribution in [3.63, 3.8) is 0 Å². The van der Waals surface area contributed by atoms with Crippen molar-refractivity contribution in [3.8, 4) is 0 Å². The second kappa shape index (κ2) is 10.2. The topological polar surface area (TPSA) is 72.3 Å². The van der Waals surface area contributed by atoms with E-state index in [9.17, 15) is 14.3 Å². The number of hydrogen-bond acceptors (Lipinski definition) is 5. The maximum atomic E-state index is 14.2. The third kappa shape index (κ3) is 4.29. The summed E-state index contributed by atoms with van der Waals surface area (Å²) in [6, 6.07) is 6.27. The van der Waals surface area contributed by atoms with Crippen LogP contribution >= 0.6 is 0 Å². The van der Waals surface area contributed by atoms with Crippen molar-refractivity contribution in [1.29, 1.82) is 0 Å². The van der Waals surface area contributed by atoms with Crippen LogP contribution in [0.25, 0.3) is 0 Å². The van der Waals surface area contributed by atoms with Crippen LogP contribution in [0.5, 0.6) is 0 Å². The quantitative estimate of drug-likeness (QED) is 0.278. The fourth-order valence-electron chi connectivity index (χ4n) is 11.8. The molecular weight excluding hydrogens is 563 g/mol. The molecule has 0 spiro atoms. The molecule has 2 aromatic rings. The first-order valence-electron chi connectivity index (χ1n) is 17.3. The zero-order valence-corrected chi connectivity index (χ0v) is 28.1. The Labute approximate surface area is 268 Å². The summed E-state index contributed by atoms with van der Waals surface area (Å²) in [6.07, 6.45) is 14.9. The molecular formula is C39H51FN2O3. The van der Waals surface area contributed by atoms with Crippen LogP contribution in [0.2, 0.25) is 0 Å². The molecule has 3 fully saturated rings. The van der Waals surface area contributed by atoms with E-state index in [-0.39, 0.29) is 52.6 Å². The molecule has 3 saturated carbocycles. The number of nitrogens with zero attached hydrogens (tertiary/aromatic N) is 2. The van der Waals surface area contributed by atoms with Gasteiger partial charge in [-0.3, -0.25) is 14.8 Å². The summed E-state index contributed by atoms with van der Waals surface area (Å²) in [6.45, 7) is 14.8. The molecule has 6 heteroatoms. The molecule has 1 aromatic heterocycles. The summed E-state index contributed by atoms with van der Waals surface area (Å²) in [5, 5.41) is 10.9. The fourth-order valence-corrected chi connectivity index (χ4v) is 11.8. The van der Waals surface area contributed by atoms with Crippen molar-refractivity contribution < 1.29 is 19.0 Å². The number of hydrogen-bond donors (Lipinski definition) is 1. The third-order valence-electron chi connectivity index (χ3n) is 14.6. The highest BCUT2D eigenvalue weighted by atomic mass is 19.1. The number of aliphatic hydroxyl groups is 1. The molecule has 0 amide bonds. The highest BCUT2D eigenvalue weighted by molar-refractivity contribution is 5.79. The Balaban J connectivity index is 1.26. The average Bonchev–Trinajstić information content (AvgIpc) is 3.00. The van der Waals surface area contributed by atoms with Gasteiger partial charge in [0.05, 0.1) is 23.4 Å².